The van der Waals surface area contributed by atoms with Gasteiger partial charge in [0.05, 0.1) is 49.2 Å². The van der Waals surface area contributed by atoms with Crippen LogP contribution in [0.2, 0.25) is 0 Å². The van der Waals surface area contributed by atoms with Crippen LogP contribution in [0.3, 0.4) is 0 Å². The fourth-order valence-corrected chi connectivity index (χ4v) is 4.53. The van der Waals surface area contributed by atoms with E-state index < -0.39 is 0 Å². The van der Waals surface area contributed by atoms with Crippen LogP contribution in [0.4, 0.5) is 5.13 Å². The van der Waals surface area contributed by atoms with E-state index in [1.54, 1.807) is 6.07 Å². The quantitative estimate of drug-likeness (QED) is 0.801. The number of methoxy groups -OCH3 is 1. The lowest BCUT2D eigenvalue weighted by atomic mass is 9.92. The maximum atomic E-state index is 12.2. The molecule has 2 saturated heterocycles. The number of aromatic nitrogens is 1. The first-order valence-electron chi connectivity index (χ1n) is 7.73. The number of carbonyl (C=O) groups excluding carboxylic acids is 1. The summed E-state index contributed by atoms with van der Waals surface area (Å²) in [7, 11) is 1.38. The molecule has 4 rings (SSSR count). The number of esters is 1. The van der Waals surface area contributed by atoms with Crippen LogP contribution < -0.4 is 9.64 Å². The van der Waals surface area contributed by atoms with Crippen molar-refractivity contribution in [3.8, 4) is 5.75 Å². The van der Waals surface area contributed by atoms with E-state index in [0.717, 1.165) is 35.0 Å². The Kier molecular flexibility index (Phi) is 3.61. The van der Waals surface area contributed by atoms with Gasteiger partial charge in [0.1, 0.15) is 11.3 Å². The molecule has 0 saturated carbocycles. The first-order valence-corrected chi connectivity index (χ1v) is 8.55. The van der Waals surface area contributed by atoms with Crippen molar-refractivity contribution in [2.45, 2.75) is 25.4 Å². The van der Waals surface area contributed by atoms with Crippen LogP contribution in [0.5, 0.6) is 5.75 Å². The van der Waals surface area contributed by atoms with Crippen molar-refractivity contribution in [3.63, 3.8) is 0 Å². The summed E-state index contributed by atoms with van der Waals surface area (Å²) in [5, 5.41) is 0.948. The van der Waals surface area contributed by atoms with E-state index in [2.05, 4.69) is 4.90 Å². The molecule has 2 atom stereocenters. The molecule has 0 amide bonds. The number of anilines is 1. The zero-order valence-corrected chi connectivity index (χ0v) is 13.9. The molecule has 2 unspecified atom stereocenters. The van der Waals surface area contributed by atoms with Gasteiger partial charge in [-0.05, 0) is 25.5 Å². The van der Waals surface area contributed by atoms with E-state index in [-0.39, 0.29) is 5.97 Å². The lowest BCUT2D eigenvalue weighted by molar-refractivity contribution is 0.0103. The third-order valence-electron chi connectivity index (χ3n) is 4.37. The minimum Gasteiger partial charge on any atom is -0.493 e. The third kappa shape index (κ3) is 2.26. The van der Waals surface area contributed by atoms with Gasteiger partial charge < -0.3 is 19.1 Å². The number of thiazole rings is 1. The monoisotopic (exact) mass is 334 g/mol. The number of morpholine rings is 1. The Hall–Kier alpha value is -1.86. The molecular formula is C16H18N2O4S. The lowest BCUT2D eigenvalue weighted by Gasteiger charge is -2.52. The SMILES string of the molecule is CCOc1ccc2nc(N3C4COCC3C4)sc2c1C(=O)OC. The Morgan fingerprint density at radius 2 is 2.22 bits per heavy atom. The first kappa shape index (κ1) is 14.7. The molecule has 2 aliphatic heterocycles. The standard InChI is InChI=1S/C16H18N2O4S/c1-3-22-12-5-4-11-14(13(12)15(19)20-2)23-16(17-11)18-9-6-10(18)8-21-7-9/h4-5,9-10H,3,6-8H2,1-2H3. The van der Waals surface area contributed by atoms with Gasteiger partial charge in [0.25, 0.3) is 0 Å². The van der Waals surface area contributed by atoms with Gasteiger partial charge >= 0.3 is 5.97 Å². The summed E-state index contributed by atoms with van der Waals surface area (Å²) in [6.45, 7) is 3.89. The summed E-state index contributed by atoms with van der Waals surface area (Å²) >= 11 is 1.53. The Morgan fingerprint density at radius 3 is 2.87 bits per heavy atom. The molecule has 0 radical (unpaired) electrons. The van der Waals surface area contributed by atoms with E-state index >= 15 is 0 Å². The highest BCUT2D eigenvalue weighted by atomic mass is 32.1. The number of nitrogens with zero attached hydrogens (tertiary/aromatic N) is 2. The van der Waals surface area contributed by atoms with Crippen molar-refractivity contribution < 1.29 is 19.0 Å². The fraction of sp³-hybridized carbons (Fsp3) is 0.500. The number of rotatable bonds is 4. The molecule has 2 aromatic rings. The second kappa shape index (κ2) is 5.65. The number of ether oxygens (including phenoxy) is 3. The molecule has 23 heavy (non-hydrogen) atoms. The van der Waals surface area contributed by atoms with Crippen LogP contribution >= 0.6 is 11.3 Å². The van der Waals surface area contributed by atoms with E-state index in [9.17, 15) is 4.79 Å². The summed E-state index contributed by atoms with van der Waals surface area (Å²) in [6.07, 6.45) is 1.16. The van der Waals surface area contributed by atoms with Crippen LogP contribution in [0.1, 0.15) is 23.7 Å². The summed E-state index contributed by atoms with van der Waals surface area (Å²) in [5.41, 5.74) is 1.28. The van der Waals surface area contributed by atoms with Crippen LogP contribution in [-0.4, -0.2) is 50.0 Å². The number of benzene rings is 1. The zero-order valence-electron chi connectivity index (χ0n) is 13.1. The van der Waals surface area contributed by atoms with Gasteiger partial charge in [0.2, 0.25) is 0 Å². The average molecular weight is 334 g/mol. The number of hydrogen-bond acceptors (Lipinski definition) is 7. The van der Waals surface area contributed by atoms with Crippen molar-refractivity contribution in [3.05, 3.63) is 17.7 Å². The average Bonchev–Trinajstić information content (AvgIpc) is 2.97. The lowest BCUT2D eigenvalue weighted by Crippen LogP contribution is -2.64. The number of carbonyl (C=O) groups is 1. The Labute approximate surface area is 138 Å². The predicted octanol–water partition coefficient (Wildman–Crippen LogP) is 2.46. The molecule has 1 aromatic carbocycles. The van der Waals surface area contributed by atoms with Crippen molar-refractivity contribution in [2.75, 3.05) is 31.8 Å². The maximum absolute atomic E-state index is 12.2. The van der Waals surface area contributed by atoms with Crippen molar-refractivity contribution in [2.24, 2.45) is 0 Å². The summed E-state index contributed by atoms with van der Waals surface area (Å²) in [6, 6.07) is 4.50. The van der Waals surface area contributed by atoms with Crippen molar-refractivity contribution in [1.82, 2.24) is 4.98 Å². The molecular weight excluding hydrogens is 316 g/mol. The second-order valence-electron chi connectivity index (χ2n) is 5.70. The van der Waals surface area contributed by atoms with E-state index in [1.807, 2.05) is 13.0 Å². The van der Waals surface area contributed by atoms with Gasteiger partial charge in [0, 0.05) is 0 Å². The Balaban J connectivity index is 1.80. The minimum absolute atomic E-state index is 0.388. The van der Waals surface area contributed by atoms with Gasteiger partial charge in [-0.15, -0.1) is 0 Å². The van der Waals surface area contributed by atoms with Crippen LogP contribution in [-0.2, 0) is 9.47 Å². The summed E-state index contributed by atoms with van der Waals surface area (Å²) < 4.78 is 16.9. The van der Waals surface area contributed by atoms with Gasteiger partial charge in [-0.25, -0.2) is 9.78 Å². The maximum Gasteiger partial charge on any atom is 0.343 e. The molecule has 1 aromatic heterocycles. The highest BCUT2D eigenvalue weighted by molar-refractivity contribution is 7.22. The van der Waals surface area contributed by atoms with Crippen molar-refractivity contribution >= 4 is 32.7 Å². The summed E-state index contributed by atoms with van der Waals surface area (Å²) in [4.78, 5) is 19.3. The molecule has 0 aliphatic carbocycles. The smallest absolute Gasteiger partial charge is 0.343 e. The van der Waals surface area contributed by atoms with E-state index in [4.69, 9.17) is 19.2 Å². The molecule has 2 aliphatic rings. The largest absolute Gasteiger partial charge is 0.493 e. The Morgan fingerprint density at radius 1 is 1.43 bits per heavy atom. The molecule has 2 bridgehead atoms. The van der Waals surface area contributed by atoms with Gasteiger partial charge in [0.15, 0.2) is 5.13 Å². The van der Waals surface area contributed by atoms with E-state index in [0.29, 0.717) is 30.0 Å². The van der Waals surface area contributed by atoms with Gasteiger partial charge in [-0.3, -0.25) is 0 Å². The molecule has 7 heteroatoms. The highest BCUT2D eigenvalue weighted by Crippen LogP contribution is 2.42. The Bertz CT molecular complexity index is 746. The minimum atomic E-state index is -0.388. The normalized spacial score (nSPS) is 22.8. The molecule has 122 valence electrons. The fourth-order valence-electron chi connectivity index (χ4n) is 3.29. The zero-order chi connectivity index (χ0) is 16.0. The first-order chi connectivity index (χ1) is 11.2. The summed E-state index contributed by atoms with van der Waals surface area (Å²) in [5.74, 6) is 0.163. The van der Waals surface area contributed by atoms with Gasteiger partial charge in [-0.1, -0.05) is 11.3 Å². The van der Waals surface area contributed by atoms with E-state index in [1.165, 1.54) is 18.4 Å². The van der Waals surface area contributed by atoms with Crippen molar-refractivity contribution in [1.29, 1.82) is 0 Å². The molecule has 3 heterocycles. The van der Waals surface area contributed by atoms with Crippen LogP contribution in [0, 0.1) is 0 Å². The highest BCUT2D eigenvalue weighted by Gasteiger charge is 2.44. The van der Waals surface area contributed by atoms with Crippen LogP contribution in [0.15, 0.2) is 12.1 Å². The molecule has 2 fully saturated rings. The van der Waals surface area contributed by atoms with Gasteiger partial charge in [-0.2, -0.15) is 0 Å². The second-order valence-corrected chi connectivity index (χ2v) is 6.67. The molecule has 0 spiro atoms. The predicted molar refractivity (Wildman–Crippen MR) is 87.6 cm³/mol. The van der Waals surface area contributed by atoms with Crippen LogP contribution in [0.25, 0.3) is 10.2 Å². The number of hydrogen-bond donors (Lipinski definition) is 0. The number of fused-ring (bicyclic) bond motifs is 3. The molecule has 0 N–H and O–H groups in total. The molecule has 6 nitrogen and oxygen atoms in total. The topological polar surface area (TPSA) is 60.9 Å². The third-order valence-corrected chi connectivity index (χ3v) is 5.47.